The topological polar surface area (TPSA) is 103 Å². The summed E-state index contributed by atoms with van der Waals surface area (Å²) in [5, 5.41) is 3.99. The minimum absolute atomic E-state index is 0.198. The van der Waals surface area contributed by atoms with Crippen LogP contribution < -0.4 is 5.73 Å². The first-order valence-electron chi connectivity index (χ1n) is 6.91. The number of rotatable bonds is 3. The molecule has 0 amide bonds. The number of hydrogen-bond donors (Lipinski definition) is 1. The van der Waals surface area contributed by atoms with Crippen LogP contribution in [-0.4, -0.2) is 50.7 Å². The van der Waals surface area contributed by atoms with Gasteiger partial charge in [0.2, 0.25) is 5.82 Å². The summed E-state index contributed by atoms with van der Waals surface area (Å²) in [7, 11) is 0. The van der Waals surface area contributed by atoms with E-state index in [1.54, 1.807) is 0 Å². The third-order valence-electron chi connectivity index (χ3n) is 3.49. The zero-order chi connectivity index (χ0) is 14.8. The van der Waals surface area contributed by atoms with Gasteiger partial charge in [0.1, 0.15) is 6.10 Å². The summed E-state index contributed by atoms with van der Waals surface area (Å²) in [5.41, 5.74) is 6.16. The van der Waals surface area contributed by atoms with Gasteiger partial charge >= 0.3 is 0 Å². The highest BCUT2D eigenvalue weighted by Gasteiger charge is 2.28. The van der Waals surface area contributed by atoms with Crippen molar-refractivity contribution in [3.8, 4) is 11.6 Å². The molecule has 2 aromatic rings. The summed E-state index contributed by atoms with van der Waals surface area (Å²) >= 11 is 0. The Morgan fingerprint density at radius 2 is 2.14 bits per heavy atom. The van der Waals surface area contributed by atoms with E-state index < -0.39 is 0 Å². The van der Waals surface area contributed by atoms with Crippen LogP contribution in [0.15, 0.2) is 16.9 Å². The third-order valence-corrected chi connectivity index (χ3v) is 3.49. The van der Waals surface area contributed by atoms with E-state index in [1.165, 1.54) is 12.4 Å². The van der Waals surface area contributed by atoms with Crippen molar-refractivity contribution in [2.75, 3.05) is 25.4 Å². The van der Waals surface area contributed by atoms with Crippen molar-refractivity contribution in [1.82, 2.24) is 25.0 Å². The Balaban J connectivity index is 1.80. The first-order valence-corrected chi connectivity index (χ1v) is 6.91. The van der Waals surface area contributed by atoms with Gasteiger partial charge in [-0.2, -0.15) is 4.98 Å². The Labute approximate surface area is 122 Å². The van der Waals surface area contributed by atoms with Gasteiger partial charge in [-0.15, -0.1) is 0 Å². The molecule has 1 fully saturated rings. The lowest BCUT2D eigenvalue weighted by Gasteiger charge is -2.34. The van der Waals surface area contributed by atoms with Gasteiger partial charge in [0.15, 0.2) is 11.5 Å². The van der Waals surface area contributed by atoms with Crippen LogP contribution in [0.25, 0.3) is 11.6 Å². The average molecular weight is 290 g/mol. The van der Waals surface area contributed by atoms with Crippen molar-refractivity contribution in [2.45, 2.75) is 26.0 Å². The number of hydrogen-bond acceptors (Lipinski definition) is 8. The van der Waals surface area contributed by atoms with Crippen LogP contribution in [-0.2, 0) is 4.74 Å². The second-order valence-corrected chi connectivity index (χ2v) is 5.20. The molecule has 1 aliphatic rings. The molecule has 0 bridgehead atoms. The molecule has 3 heterocycles. The van der Waals surface area contributed by atoms with Crippen molar-refractivity contribution in [3.05, 3.63) is 18.2 Å². The minimum Gasteiger partial charge on any atom is -0.382 e. The van der Waals surface area contributed by atoms with Gasteiger partial charge in [-0.3, -0.25) is 4.90 Å². The van der Waals surface area contributed by atoms with Crippen LogP contribution >= 0.6 is 0 Å². The van der Waals surface area contributed by atoms with Gasteiger partial charge in [-0.25, -0.2) is 9.97 Å². The lowest BCUT2D eigenvalue weighted by Crippen LogP contribution is -2.42. The molecule has 112 valence electrons. The molecule has 0 saturated carbocycles. The molecule has 1 unspecified atom stereocenters. The number of morpholine rings is 1. The number of anilines is 1. The van der Waals surface area contributed by atoms with Crippen LogP contribution in [0.5, 0.6) is 0 Å². The van der Waals surface area contributed by atoms with E-state index in [0.717, 1.165) is 13.1 Å². The number of nitrogen functional groups attached to an aromatic ring is 1. The molecule has 21 heavy (non-hydrogen) atoms. The Morgan fingerprint density at radius 1 is 1.33 bits per heavy atom. The van der Waals surface area contributed by atoms with Crippen LogP contribution in [0.2, 0.25) is 0 Å². The molecule has 0 aromatic carbocycles. The minimum atomic E-state index is -0.198. The van der Waals surface area contributed by atoms with Gasteiger partial charge in [-0.1, -0.05) is 5.16 Å². The van der Waals surface area contributed by atoms with Crippen LogP contribution in [0.1, 0.15) is 25.8 Å². The van der Waals surface area contributed by atoms with Gasteiger partial charge < -0.3 is 15.0 Å². The number of nitrogens with zero attached hydrogens (tertiary/aromatic N) is 5. The summed E-state index contributed by atoms with van der Waals surface area (Å²) in [6.45, 7) is 6.62. The highest BCUT2D eigenvalue weighted by Crippen LogP contribution is 2.25. The molecular weight excluding hydrogens is 272 g/mol. The maximum Gasteiger partial charge on any atom is 0.280 e. The predicted octanol–water partition coefficient (Wildman–Crippen LogP) is 0.890. The van der Waals surface area contributed by atoms with E-state index >= 15 is 0 Å². The fourth-order valence-electron chi connectivity index (χ4n) is 2.27. The predicted molar refractivity (Wildman–Crippen MR) is 75.1 cm³/mol. The highest BCUT2D eigenvalue weighted by molar-refractivity contribution is 5.61. The zero-order valence-corrected chi connectivity index (χ0v) is 12.1. The monoisotopic (exact) mass is 290 g/mol. The van der Waals surface area contributed by atoms with E-state index in [1.807, 2.05) is 0 Å². The first kappa shape index (κ1) is 13.9. The molecule has 0 aliphatic carbocycles. The molecular formula is C13H18N6O2. The van der Waals surface area contributed by atoms with Gasteiger partial charge in [0.25, 0.3) is 5.89 Å². The maximum atomic E-state index is 5.76. The highest BCUT2D eigenvalue weighted by atomic mass is 16.5. The summed E-state index contributed by atoms with van der Waals surface area (Å²) in [6.07, 6.45) is 2.85. The molecule has 1 aliphatic heterocycles. The Hall–Kier alpha value is -2.06. The zero-order valence-electron chi connectivity index (χ0n) is 12.1. The van der Waals surface area contributed by atoms with E-state index in [2.05, 4.69) is 38.9 Å². The largest absolute Gasteiger partial charge is 0.382 e. The fraction of sp³-hybridized carbons (Fsp3) is 0.538. The molecule has 8 heteroatoms. The van der Waals surface area contributed by atoms with Crippen LogP contribution in [0, 0.1) is 0 Å². The Bertz CT molecular complexity index is 614. The van der Waals surface area contributed by atoms with E-state index in [0.29, 0.717) is 24.2 Å². The molecule has 2 aromatic heterocycles. The quantitative estimate of drug-likeness (QED) is 0.889. The number of aromatic nitrogens is 4. The third kappa shape index (κ3) is 2.86. The van der Waals surface area contributed by atoms with E-state index in [-0.39, 0.29) is 17.8 Å². The number of nitrogens with two attached hydrogens (primary N) is 1. The number of ether oxygens (including phenoxy) is 1. The molecule has 3 rings (SSSR count). The van der Waals surface area contributed by atoms with Crippen molar-refractivity contribution in [1.29, 1.82) is 0 Å². The Morgan fingerprint density at radius 3 is 2.90 bits per heavy atom. The fourth-order valence-corrected chi connectivity index (χ4v) is 2.27. The summed E-state index contributed by atoms with van der Waals surface area (Å²) in [5.74, 6) is 1.04. The molecule has 0 spiro atoms. The normalized spacial score (nSPS) is 20.0. The van der Waals surface area contributed by atoms with Crippen molar-refractivity contribution >= 4 is 5.82 Å². The molecule has 8 nitrogen and oxygen atoms in total. The summed E-state index contributed by atoms with van der Waals surface area (Å²) < 4.78 is 11.0. The lowest BCUT2D eigenvalue weighted by molar-refractivity contribution is -0.0450. The van der Waals surface area contributed by atoms with Crippen molar-refractivity contribution < 1.29 is 9.26 Å². The first-order chi connectivity index (χ1) is 10.1. The van der Waals surface area contributed by atoms with Crippen molar-refractivity contribution in [2.24, 2.45) is 0 Å². The summed E-state index contributed by atoms with van der Waals surface area (Å²) in [4.78, 5) is 14.7. The van der Waals surface area contributed by atoms with Crippen molar-refractivity contribution in [3.63, 3.8) is 0 Å². The second kappa shape index (κ2) is 5.74. The molecule has 2 N–H and O–H groups in total. The van der Waals surface area contributed by atoms with Gasteiger partial charge in [0, 0.05) is 31.5 Å². The van der Waals surface area contributed by atoms with Crippen LogP contribution in [0.4, 0.5) is 5.82 Å². The maximum absolute atomic E-state index is 5.76. The Kier molecular flexibility index (Phi) is 3.80. The lowest BCUT2D eigenvalue weighted by atomic mass is 10.2. The van der Waals surface area contributed by atoms with Gasteiger partial charge in [-0.05, 0) is 13.8 Å². The van der Waals surface area contributed by atoms with Crippen LogP contribution in [0.3, 0.4) is 0 Å². The van der Waals surface area contributed by atoms with Gasteiger partial charge in [0.05, 0.1) is 6.61 Å². The smallest absolute Gasteiger partial charge is 0.280 e. The standard InChI is InChI=1S/C13H18N6O2/c1-8(2)19-5-6-20-9(7-19)12-17-13(21-18-12)10-11(14)16-4-3-15-10/h3-4,8-9H,5-7H2,1-2H3,(H2,14,16). The molecule has 0 radical (unpaired) electrons. The average Bonchev–Trinajstić information content (AvgIpc) is 2.97. The summed E-state index contributed by atoms with van der Waals surface area (Å²) in [6, 6.07) is 0.457. The van der Waals surface area contributed by atoms with E-state index in [4.69, 9.17) is 15.0 Å². The SMILES string of the molecule is CC(C)N1CCOC(c2noc(-c3nccnc3N)n2)C1. The molecule has 1 atom stereocenters. The second-order valence-electron chi connectivity index (χ2n) is 5.20. The molecule has 1 saturated heterocycles. The van der Waals surface area contributed by atoms with E-state index in [9.17, 15) is 0 Å².